The summed E-state index contributed by atoms with van der Waals surface area (Å²) in [7, 11) is -1.33. The van der Waals surface area contributed by atoms with E-state index in [-0.39, 0.29) is 0 Å². The molecule has 142 valence electrons. The molecule has 1 aliphatic heterocycles. The van der Waals surface area contributed by atoms with Gasteiger partial charge in [0.1, 0.15) is 27.3 Å². The van der Waals surface area contributed by atoms with Crippen molar-refractivity contribution in [1.29, 1.82) is 0 Å². The van der Waals surface area contributed by atoms with Gasteiger partial charge in [-0.15, -0.1) is 0 Å². The normalized spacial score (nSPS) is 13.0. The van der Waals surface area contributed by atoms with E-state index in [1.807, 2.05) is 6.07 Å². The molecule has 8 nitrogen and oxygen atoms in total. The van der Waals surface area contributed by atoms with E-state index in [1.54, 1.807) is 48.7 Å². The SMILES string of the molecule is O=C1Nc2ccnc3c2c(c(-c2ccc(Oc4ccccn4)cc2)[s+]3C(=O)O)N1. The van der Waals surface area contributed by atoms with Crippen LogP contribution in [0.4, 0.5) is 21.0 Å². The summed E-state index contributed by atoms with van der Waals surface area (Å²) in [4.78, 5) is 33.5. The molecular weight excluding hydrogens is 392 g/mol. The van der Waals surface area contributed by atoms with Gasteiger partial charge in [-0.1, -0.05) is 6.07 Å². The Kier molecular flexibility index (Phi) is 3.88. The second-order valence-corrected chi connectivity index (χ2v) is 7.94. The van der Waals surface area contributed by atoms with Gasteiger partial charge in [-0.2, -0.15) is 4.79 Å². The molecule has 4 heterocycles. The number of thiophene rings is 1. The van der Waals surface area contributed by atoms with Crippen LogP contribution in [0.2, 0.25) is 0 Å². The molecule has 2 amide bonds. The Bertz CT molecular complexity index is 1270. The molecule has 1 atom stereocenters. The van der Waals surface area contributed by atoms with E-state index >= 15 is 0 Å². The van der Waals surface area contributed by atoms with E-state index < -0.39 is 21.8 Å². The number of hydrogen-bond donors (Lipinski definition) is 3. The molecule has 9 heteroatoms. The van der Waals surface area contributed by atoms with Crippen molar-refractivity contribution in [3.05, 3.63) is 60.9 Å². The molecule has 5 rings (SSSR count). The average Bonchev–Trinajstić information content (AvgIpc) is 3.05. The predicted octanol–water partition coefficient (Wildman–Crippen LogP) is 5.32. The van der Waals surface area contributed by atoms with E-state index in [1.165, 1.54) is 6.20 Å². The third-order valence-corrected chi connectivity index (χ3v) is 6.32. The van der Waals surface area contributed by atoms with Gasteiger partial charge in [-0.3, -0.25) is 0 Å². The first-order chi connectivity index (χ1) is 14.1. The average molecular weight is 405 g/mol. The number of amides is 2. The molecule has 0 aliphatic carbocycles. The number of urea groups is 1. The molecule has 3 N–H and O–H groups in total. The molecule has 4 aromatic rings. The number of benzene rings is 1. The van der Waals surface area contributed by atoms with Gasteiger partial charge in [-0.25, -0.2) is 14.8 Å². The molecule has 0 bridgehead atoms. The van der Waals surface area contributed by atoms with E-state index in [4.69, 9.17) is 4.74 Å². The summed E-state index contributed by atoms with van der Waals surface area (Å²) in [5.74, 6) is 1.03. The fourth-order valence-electron chi connectivity index (χ4n) is 3.28. The van der Waals surface area contributed by atoms with Crippen molar-refractivity contribution < 1.29 is 19.4 Å². The maximum Gasteiger partial charge on any atom is 0.554 e. The molecule has 0 spiro atoms. The molecule has 1 aromatic carbocycles. The Morgan fingerprint density at radius 1 is 1.00 bits per heavy atom. The fourth-order valence-corrected chi connectivity index (χ4v) is 5.12. The Morgan fingerprint density at radius 3 is 2.55 bits per heavy atom. The molecule has 29 heavy (non-hydrogen) atoms. The second-order valence-electron chi connectivity index (χ2n) is 6.19. The van der Waals surface area contributed by atoms with Crippen LogP contribution in [0.3, 0.4) is 0 Å². The van der Waals surface area contributed by atoms with Crippen molar-refractivity contribution in [2.75, 3.05) is 10.6 Å². The Morgan fingerprint density at radius 2 is 1.83 bits per heavy atom. The Labute approximate surface area is 166 Å². The number of nitrogens with one attached hydrogen (secondary N) is 2. The van der Waals surface area contributed by atoms with Crippen molar-refractivity contribution in [2.24, 2.45) is 0 Å². The van der Waals surface area contributed by atoms with Crippen molar-refractivity contribution in [3.63, 3.8) is 0 Å². The van der Waals surface area contributed by atoms with Gasteiger partial charge in [0.2, 0.25) is 10.8 Å². The number of ether oxygens (including phenoxy) is 1. The van der Waals surface area contributed by atoms with Crippen molar-refractivity contribution >= 4 is 43.4 Å². The number of pyridine rings is 2. The van der Waals surface area contributed by atoms with Crippen LogP contribution in [-0.2, 0) is 0 Å². The summed E-state index contributed by atoms with van der Waals surface area (Å²) in [5.41, 5.74) is 1.71. The number of hydrogen-bond acceptors (Lipinski definition) is 5. The van der Waals surface area contributed by atoms with Gasteiger partial charge in [0.05, 0.1) is 5.69 Å². The maximum atomic E-state index is 12.1. The highest BCUT2D eigenvalue weighted by atomic mass is 32.2. The zero-order valence-electron chi connectivity index (χ0n) is 14.7. The maximum absolute atomic E-state index is 12.1. The monoisotopic (exact) mass is 405 g/mol. The van der Waals surface area contributed by atoms with Crippen molar-refractivity contribution in [3.8, 4) is 22.1 Å². The van der Waals surface area contributed by atoms with Crippen LogP contribution in [0.15, 0.2) is 60.9 Å². The third kappa shape index (κ3) is 2.84. The molecule has 1 aliphatic rings. The standard InChI is InChI=1S/C20H12N4O4S/c25-19-23-13-8-10-22-18-15(13)16(24-19)17(29(18)20(26)27)11-4-6-12(7-5-11)28-14-3-1-2-9-21-14/h1-10H,(H2-,22,23,24,25,26,27)/p+1. The number of nitrogens with zero attached hydrogens (tertiary/aromatic N) is 2. The number of carboxylic acid groups (broad SMARTS) is 1. The summed E-state index contributed by atoms with van der Waals surface area (Å²) in [6, 6.07) is 13.6. The number of carbonyl (C=O) groups is 2. The van der Waals surface area contributed by atoms with E-state index in [0.717, 1.165) is 0 Å². The van der Waals surface area contributed by atoms with Gasteiger partial charge >= 0.3 is 11.3 Å². The summed E-state index contributed by atoms with van der Waals surface area (Å²) < 4.78 is 5.70. The smallest absolute Gasteiger partial charge is 0.439 e. The minimum Gasteiger partial charge on any atom is -0.439 e. The van der Waals surface area contributed by atoms with Gasteiger partial charge < -0.3 is 20.5 Å². The van der Waals surface area contributed by atoms with Gasteiger partial charge in [0.25, 0.3) is 4.83 Å². The van der Waals surface area contributed by atoms with Crippen LogP contribution < -0.4 is 15.4 Å². The highest BCUT2D eigenvalue weighted by Gasteiger charge is 2.39. The van der Waals surface area contributed by atoms with E-state index in [9.17, 15) is 14.7 Å². The van der Waals surface area contributed by atoms with Crippen LogP contribution in [0, 0.1) is 0 Å². The molecule has 1 unspecified atom stereocenters. The van der Waals surface area contributed by atoms with Crippen LogP contribution >= 0.6 is 10.5 Å². The number of anilines is 2. The largest absolute Gasteiger partial charge is 0.554 e. The molecule has 0 saturated heterocycles. The summed E-state index contributed by atoms with van der Waals surface area (Å²) in [5, 5.41) is 15.0. The van der Waals surface area contributed by atoms with Crippen LogP contribution in [0.25, 0.3) is 20.7 Å². The number of carbonyl (C=O) groups excluding carboxylic acids is 1. The molecule has 0 saturated carbocycles. The van der Waals surface area contributed by atoms with Crippen LogP contribution in [0.5, 0.6) is 11.6 Å². The highest BCUT2D eigenvalue weighted by Crippen LogP contribution is 2.52. The molecule has 0 fully saturated rings. The Balaban J connectivity index is 1.64. The number of rotatable bonds is 4. The quantitative estimate of drug-likeness (QED) is 0.396. The summed E-state index contributed by atoms with van der Waals surface area (Å²) in [6.45, 7) is 0. The Hall–Kier alpha value is -3.98. The predicted molar refractivity (Wildman–Crippen MR) is 110 cm³/mol. The zero-order chi connectivity index (χ0) is 20.0. The van der Waals surface area contributed by atoms with Gasteiger partial charge in [0.15, 0.2) is 0 Å². The highest BCUT2D eigenvalue weighted by molar-refractivity contribution is 7.57. The topological polar surface area (TPSA) is 113 Å². The minimum atomic E-state index is -1.33. The second kappa shape index (κ2) is 6.57. The van der Waals surface area contributed by atoms with E-state index in [2.05, 4.69) is 20.6 Å². The van der Waals surface area contributed by atoms with Crippen molar-refractivity contribution in [1.82, 2.24) is 9.97 Å². The lowest BCUT2D eigenvalue weighted by atomic mass is 10.1. The van der Waals surface area contributed by atoms with Gasteiger partial charge in [0, 0.05) is 24.0 Å². The first-order valence-corrected chi connectivity index (χ1v) is 9.82. The summed E-state index contributed by atoms with van der Waals surface area (Å²) >= 11 is 0. The van der Waals surface area contributed by atoms with E-state index in [0.29, 0.717) is 43.7 Å². The van der Waals surface area contributed by atoms with Gasteiger partial charge in [-0.05, 0) is 36.4 Å². The molecule has 3 aromatic heterocycles. The first-order valence-electron chi connectivity index (χ1n) is 8.60. The third-order valence-electron chi connectivity index (χ3n) is 4.43. The zero-order valence-corrected chi connectivity index (χ0v) is 15.6. The fraction of sp³-hybridized carbons (Fsp3) is 0. The minimum absolute atomic E-state index is 0.409. The van der Waals surface area contributed by atoms with Crippen molar-refractivity contribution in [2.45, 2.75) is 0 Å². The molecule has 0 radical (unpaired) electrons. The lowest BCUT2D eigenvalue weighted by Gasteiger charge is -2.13. The summed E-state index contributed by atoms with van der Waals surface area (Å²) in [6.07, 6.45) is 3.14. The van der Waals surface area contributed by atoms with Crippen LogP contribution in [0.1, 0.15) is 0 Å². The lowest BCUT2D eigenvalue weighted by Crippen LogP contribution is -2.23. The molecular formula is C20H13N4O4S+. The first kappa shape index (κ1) is 17.1. The lowest BCUT2D eigenvalue weighted by molar-refractivity contribution is 0.221. The number of aromatic nitrogens is 2. The van der Waals surface area contributed by atoms with Crippen LogP contribution in [-0.4, -0.2) is 26.4 Å².